The molecule has 1 aliphatic rings. The summed E-state index contributed by atoms with van der Waals surface area (Å²) in [5.74, 6) is -1.25. The van der Waals surface area contributed by atoms with Gasteiger partial charge in [0.15, 0.2) is 0 Å². The van der Waals surface area contributed by atoms with Gasteiger partial charge >= 0.3 is 5.97 Å². The fourth-order valence-electron chi connectivity index (χ4n) is 3.01. The molecule has 0 bridgehead atoms. The number of aliphatic carboxylic acids is 1. The lowest BCUT2D eigenvalue weighted by Crippen LogP contribution is -2.38. The second-order valence-electron chi connectivity index (χ2n) is 6.04. The number of carbonyl (C=O) groups excluding carboxylic acids is 1. The molecule has 7 nitrogen and oxygen atoms in total. The van der Waals surface area contributed by atoms with Crippen molar-refractivity contribution in [3.05, 3.63) is 36.0 Å². The number of aromatic amines is 1. The number of carboxylic acids is 1. The molecule has 1 aromatic heterocycles. The number of aromatic hydroxyl groups is 1. The fourth-order valence-corrected chi connectivity index (χ4v) is 3.01. The van der Waals surface area contributed by atoms with E-state index in [1.807, 2.05) is 0 Å². The van der Waals surface area contributed by atoms with Gasteiger partial charge in [-0.1, -0.05) is 12.1 Å². The summed E-state index contributed by atoms with van der Waals surface area (Å²) in [7, 11) is 0. The van der Waals surface area contributed by atoms with Crippen LogP contribution in [0.4, 0.5) is 0 Å². The molecule has 1 amide bonds. The Bertz CT molecular complexity index is 748. The molecule has 0 aliphatic heterocycles. The standard InChI is InChI=1S/C17H19N3O4/c21-15-4-2-1-3-12(15)13-9-14(20-19-13)16(22)18-11-7-5-10(6-8-11)17(23)24/h1-4,9-11,21H,5-8H2,(H,18,22)(H,19,20)(H,23,24). The number of rotatable bonds is 4. The second kappa shape index (κ2) is 6.74. The lowest BCUT2D eigenvalue weighted by atomic mass is 9.86. The molecule has 2 aromatic rings. The fraction of sp³-hybridized carbons (Fsp3) is 0.353. The summed E-state index contributed by atoms with van der Waals surface area (Å²) in [4.78, 5) is 23.2. The molecule has 24 heavy (non-hydrogen) atoms. The van der Waals surface area contributed by atoms with Crippen molar-refractivity contribution in [1.82, 2.24) is 15.5 Å². The van der Waals surface area contributed by atoms with Gasteiger partial charge in [-0.15, -0.1) is 0 Å². The molecule has 1 aromatic carbocycles. The number of para-hydroxylation sites is 1. The quantitative estimate of drug-likeness (QED) is 0.686. The Hall–Kier alpha value is -2.83. The van der Waals surface area contributed by atoms with Crippen LogP contribution in [0.3, 0.4) is 0 Å². The van der Waals surface area contributed by atoms with E-state index in [1.165, 1.54) is 0 Å². The molecule has 0 saturated heterocycles. The van der Waals surface area contributed by atoms with Crippen LogP contribution in [-0.2, 0) is 4.79 Å². The molecule has 7 heteroatoms. The molecule has 1 fully saturated rings. The van der Waals surface area contributed by atoms with E-state index in [0.717, 1.165) is 0 Å². The predicted molar refractivity (Wildman–Crippen MR) is 86.5 cm³/mol. The number of hydrogen-bond donors (Lipinski definition) is 4. The maximum atomic E-state index is 12.3. The summed E-state index contributed by atoms with van der Waals surface area (Å²) in [6, 6.07) is 8.35. The van der Waals surface area contributed by atoms with Gasteiger partial charge in [-0.3, -0.25) is 14.7 Å². The summed E-state index contributed by atoms with van der Waals surface area (Å²) in [6.07, 6.45) is 2.46. The van der Waals surface area contributed by atoms with Gasteiger partial charge in [-0.25, -0.2) is 0 Å². The first-order valence-corrected chi connectivity index (χ1v) is 7.92. The molecular formula is C17H19N3O4. The van der Waals surface area contributed by atoms with Gasteiger partial charge in [0, 0.05) is 11.6 Å². The highest BCUT2D eigenvalue weighted by Crippen LogP contribution is 2.28. The van der Waals surface area contributed by atoms with Gasteiger partial charge in [0.05, 0.1) is 11.6 Å². The van der Waals surface area contributed by atoms with Crippen molar-refractivity contribution in [2.24, 2.45) is 5.92 Å². The number of phenolic OH excluding ortho intramolecular Hbond substituents is 1. The molecule has 4 N–H and O–H groups in total. The minimum absolute atomic E-state index is 0.0232. The highest BCUT2D eigenvalue weighted by molar-refractivity contribution is 5.93. The van der Waals surface area contributed by atoms with E-state index in [2.05, 4.69) is 15.5 Å². The molecule has 126 valence electrons. The van der Waals surface area contributed by atoms with Crippen LogP contribution in [0.5, 0.6) is 5.75 Å². The Balaban J connectivity index is 1.63. The minimum Gasteiger partial charge on any atom is -0.507 e. The molecular weight excluding hydrogens is 310 g/mol. The minimum atomic E-state index is -0.763. The maximum absolute atomic E-state index is 12.3. The third-order valence-electron chi connectivity index (χ3n) is 4.41. The van der Waals surface area contributed by atoms with Crippen LogP contribution in [-0.4, -0.2) is 38.3 Å². The average molecular weight is 329 g/mol. The number of amides is 1. The van der Waals surface area contributed by atoms with Crippen molar-refractivity contribution in [2.45, 2.75) is 31.7 Å². The first-order chi connectivity index (χ1) is 11.5. The van der Waals surface area contributed by atoms with Crippen molar-refractivity contribution < 1.29 is 19.8 Å². The molecule has 1 aliphatic carbocycles. The number of benzene rings is 1. The number of carboxylic acid groups (broad SMARTS) is 1. The monoisotopic (exact) mass is 329 g/mol. The van der Waals surface area contributed by atoms with E-state index in [-0.39, 0.29) is 23.6 Å². The van der Waals surface area contributed by atoms with Crippen molar-refractivity contribution in [2.75, 3.05) is 0 Å². The lowest BCUT2D eigenvalue weighted by Gasteiger charge is -2.26. The maximum Gasteiger partial charge on any atom is 0.306 e. The predicted octanol–water partition coefficient (Wildman–Crippen LogP) is 2.16. The molecule has 0 spiro atoms. The summed E-state index contributed by atoms with van der Waals surface area (Å²) < 4.78 is 0. The molecule has 0 atom stereocenters. The number of aromatic nitrogens is 2. The topological polar surface area (TPSA) is 115 Å². The normalized spacial score (nSPS) is 20.5. The summed E-state index contributed by atoms with van der Waals surface area (Å²) in [6.45, 7) is 0. The largest absolute Gasteiger partial charge is 0.507 e. The third kappa shape index (κ3) is 3.40. The van der Waals surface area contributed by atoms with Crippen LogP contribution in [0.1, 0.15) is 36.2 Å². The summed E-state index contributed by atoms with van der Waals surface area (Å²) in [5, 5.41) is 28.5. The van der Waals surface area contributed by atoms with Crippen molar-refractivity contribution >= 4 is 11.9 Å². The Kier molecular flexibility index (Phi) is 4.50. The number of hydrogen-bond acceptors (Lipinski definition) is 4. The molecule has 1 saturated carbocycles. The smallest absolute Gasteiger partial charge is 0.306 e. The summed E-state index contributed by atoms with van der Waals surface area (Å²) in [5.41, 5.74) is 1.36. The van der Waals surface area contributed by atoms with E-state index in [9.17, 15) is 14.7 Å². The molecule has 0 radical (unpaired) electrons. The van der Waals surface area contributed by atoms with E-state index < -0.39 is 5.97 Å². The Labute approximate surface area is 138 Å². The van der Waals surface area contributed by atoms with Gasteiger partial charge in [0.25, 0.3) is 5.91 Å². The zero-order valence-electron chi connectivity index (χ0n) is 13.0. The molecule has 0 unspecified atom stereocenters. The van der Waals surface area contributed by atoms with E-state index in [0.29, 0.717) is 42.6 Å². The number of nitrogens with one attached hydrogen (secondary N) is 2. The zero-order valence-corrected chi connectivity index (χ0v) is 13.0. The van der Waals surface area contributed by atoms with Gasteiger partial charge < -0.3 is 15.5 Å². The Morgan fingerprint density at radius 2 is 1.88 bits per heavy atom. The second-order valence-corrected chi connectivity index (χ2v) is 6.04. The number of phenols is 1. The van der Waals surface area contributed by atoms with Crippen LogP contribution in [0.15, 0.2) is 30.3 Å². The van der Waals surface area contributed by atoms with Crippen molar-refractivity contribution in [1.29, 1.82) is 0 Å². The zero-order chi connectivity index (χ0) is 17.1. The van der Waals surface area contributed by atoms with Gasteiger partial charge in [0.2, 0.25) is 0 Å². The van der Waals surface area contributed by atoms with E-state index in [1.54, 1.807) is 30.3 Å². The SMILES string of the molecule is O=C(NC1CCC(C(=O)O)CC1)c1cc(-c2ccccc2O)n[nH]1. The molecule has 3 rings (SSSR count). The van der Waals surface area contributed by atoms with Crippen molar-refractivity contribution in [3.8, 4) is 17.0 Å². The number of H-pyrrole nitrogens is 1. The average Bonchev–Trinajstić information content (AvgIpc) is 3.05. The van der Waals surface area contributed by atoms with Crippen LogP contribution in [0.2, 0.25) is 0 Å². The third-order valence-corrected chi connectivity index (χ3v) is 4.41. The summed E-state index contributed by atoms with van der Waals surface area (Å²) >= 11 is 0. The number of carbonyl (C=O) groups is 2. The highest BCUT2D eigenvalue weighted by Gasteiger charge is 2.27. The molecule has 1 heterocycles. The van der Waals surface area contributed by atoms with E-state index in [4.69, 9.17) is 5.11 Å². The lowest BCUT2D eigenvalue weighted by molar-refractivity contribution is -0.142. The van der Waals surface area contributed by atoms with Crippen molar-refractivity contribution in [3.63, 3.8) is 0 Å². The first-order valence-electron chi connectivity index (χ1n) is 7.92. The Morgan fingerprint density at radius 1 is 1.17 bits per heavy atom. The van der Waals surface area contributed by atoms with Crippen LogP contribution in [0.25, 0.3) is 11.3 Å². The van der Waals surface area contributed by atoms with E-state index >= 15 is 0 Å². The van der Waals surface area contributed by atoms with Crippen LogP contribution < -0.4 is 5.32 Å². The van der Waals surface area contributed by atoms with Crippen LogP contribution in [0, 0.1) is 5.92 Å². The number of nitrogens with zero attached hydrogens (tertiary/aromatic N) is 1. The highest BCUT2D eigenvalue weighted by atomic mass is 16.4. The van der Waals surface area contributed by atoms with Gasteiger partial charge in [-0.2, -0.15) is 5.10 Å². The van der Waals surface area contributed by atoms with Crippen LogP contribution >= 0.6 is 0 Å². The van der Waals surface area contributed by atoms with Gasteiger partial charge in [0.1, 0.15) is 11.4 Å². The van der Waals surface area contributed by atoms with Gasteiger partial charge in [-0.05, 0) is 43.9 Å². The first kappa shape index (κ1) is 16.0. The Morgan fingerprint density at radius 3 is 2.54 bits per heavy atom.